The highest BCUT2D eigenvalue weighted by Gasteiger charge is 2.25. The summed E-state index contributed by atoms with van der Waals surface area (Å²) in [6.45, 7) is 3.83. The first-order valence-electron chi connectivity index (χ1n) is 15.3. The molecule has 0 aliphatic carbocycles. The van der Waals surface area contributed by atoms with E-state index in [4.69, 9.17) is 44.6 Å². The van der Waals surface area contributed by atoms with Crippen molar-refractivity contribution < 1.29 is 0 Å². The van der Waals surface area contributed by atoms with Crippen LogP contribution in [0.2, 0.25) is 10.0 Å². The third-order valence-electron chi connectivity index (χ3n) is 8.70. The summed E-state index contributed by atoms with van der Waals surface area (Å²) in [5.41, 5.74) is 19.3. The van der Waals surface area contributed by atoms with Gasteiger partial charge < -0.3 is 22.1 Å². The van der Waals surface area contributed by atoms with Crippen molar-refractivity contribution in [3.05, 3.63) is 58.6 Å². The third-order valence-corrected chi connectivity index (χ3v) is 9.47. The van der Waals surface area contributed by atoms with Gasteiger partial charge >= 0.3 is 0 Å². The molecule has 248 valence electrons. The predicted octanol–water partition coefficient (Wildman–Crippen LogP) is 4.30. The molecule has 8 heterocycles. The van der Waals surface area contributed by atoms with Gasteiger partial charge in [0.05, 0.1) is 36.2 Å². The van der Waals surface area contributed by atoms with Crippen LogP contribution in [0.1, 0.15) is 56.3 Å². The highest BCUT2D eigenvalue weighted by atomic mass is 35.5. The van der Waals surface area contributed by atoms with Gasteiger partial charge in [0.25, 0.3) is 0 Å². The van der Waals surface area contributed by atoms with E-state index < -0.39 is 0 Å². The average molecular weight is 680 g/mol. The fraction of sp³-hybridized carbons (Fsp3) is 0.419. The van der Waals surface area contributed by atoms with E-state index in [2.05, 4.69) is 31.0 Å². The zero-order valence-corrected chi connectivity index (χ0v) is 27.2. The molecule has 2 atom stereocenters. The summed E-state index contributed by atoms with van der Waals surface area (Å²) in [7, 11) is 3.76. The highest BCUT2D eigenvalue weighted by Crippen LogP contribution is 2.36. The molecule has 0 amide bonds. The second kappa shape index (κ2) is 13.5. The van der Waals surface area contributed by atoms with Crippen LogP contribution in [0.4, 0.5) is 11.6 Å². The first kappa shape index (κ1) is 32.7. The van der Waals surface area contributed by atoms with Crippen molar-refractivity contribution in [2.45, 2.75) is 44.9 Å². The van der Waals surface area contributed by atoms with Crippen LogP contribution in [0.25, 0.3) is 33.5 Å². The molecular weight excluding hydrogens is 639 g/mol. The Morgan fingerprint density at radius 3 is 1.45 bits per heavy atom. The number of aryl methyl sites for hydroxylation is 2. The van der Waals surface area contributed by atoms with Crippen LogP contribution in [0.5, 0.6) is 0 Å². The molecule has 6 N–H and O–H groups in total. The van der Waals surface area contributed by atoms with Crippen LogP contribution in [0.15, 0.2) is 37.2 Å². The van der Waals surface area contributed by atoms with Crippen LogP contribution >= 0.6 is 23.2 Å². The molecular formula is C31H40Cl2N14. The van der Waals surface area contributed by atoms with E-state index in [1.165, 1.54) is 0 Å². The number of nitrogens with two attached hydrogens (primary N) is 2. The van der Waals surface area contributed by atoms with E-state index in [0.717, 1.165) is 96.8 Å². The molecule has 0 radical (unpaired) electrons. The molecule has 16 heteroatoms. The number of hydrogen-bond acceptors (Lipinski definition) is 10. The van der Waals surface area contributed by atoms with E-state index in [1.54, 1.807) is 43.2 Å². The van der Waals surface area contributed by atoms with Gasteiger partial charge in [0.1, 0.15) is 21.7 Å². The van der Waals surface area contributed by atoms with E-state index in [9.17, 15) is 0 Å². The number of aromatic nitrogens is 10. The van der Waals surface area contributed by atoms with Crippen molar-refractivity contribution in [1.29, 1.82) is 0 Å². The maximum atomic E-state index is 6.47. The van der Waals surface area contributed by atoms with E-state index in [0.29, 0.717) is 21.7 Å². The van der Waals surface area contributed by atoms with Crippen molar-refractivity contribution >= 4 is 46.1 Å². The van der Waals surface area contributed by atoms with Gasteiger partial charge in [-0.15, -0.1) is 0 Å². The van der Waals surface area contributed by atoms with Gasteiger partial charge in [-0.1, -0.05) is 30.6 Å². The lowest BCUT2D eigenvalue weighted by atomic mass is 9.95. The maximum absolute atomic E-state index is 6.47. The molecule has 6 aromatic rings. The highest BCUT2D eigenvalue weighted by molar-refractivity contribution is 6.34. The van der Waals surface area contributed by atoms with E-state index in [1.807, 2.05) is 26.5 Å². The fourth-order valence-electron chi connectivity index (χ4n) is 6.27. The summed E-state index contributed by atoms with van der Waals surface area (Å²) in [6.07, 6.45) is 15.3. The van der Waals surface area contributed by atoms with Crippen LogP contribution < -0.4 is 22.1 Å². The molecule has 2 unspecified atom stereocenters. The Bertz CT molecular complexity index is 1870. The number of nitrogens with one attached hydrogen (secondary N) is 2. The summed E-state index contributed by atoms with van der Waals surface area (Å²) in [6, 6.07) is 0. The first-order valence-corrected chi connectivity index (χ1v) is 16.1. The quantitative estimate of drug-likeness (QED) is 0.211. The number of hydrogen-bond donors (Lipinski definition) is 4. The molecule has 2 aliphatic heterocycles. The zero-order valence-electron chi connectivity index (χ0n) is 25.7. The molecule has 6 aromatic heterocycles. The normalized spacial score (nSPS) is 18.2. The van der Waals surface area contributed by atoms with Crippen LogP contribution in [-0.2, 0) is 14.1 Å². The van der Waals surface area contributed by atoms with Crippen LogP contribution in [0, 0.1) is 0 Å². The lowest BCUT2D eigenvalue weighted by Crippen LogP contribution is -2.29. The number of nitrogen functional groups attached to an aromatic ring is 2. The molecule has 0 saturated carbocycles. The van der Waals surface area contributed by atoms with Gasteiger partial charge in [-0.25, -0.2) is 9.97 Å². The lowest BCUT2D eigenvalue weighted by Gasteiger charge is -2.23. The number of halogens is 2. The van der Waals surface area contributed by atoms with E-state index in [-0.39, 0.29) is 19.3 Å². The minimum absolute atomic E-state index is 0. The molecule has 2 fully saturated rings. The first-order chi connectivity index (χ1) is 22.3. The Morgan fingerprint density at radius 2 is 1.11 bits per heavy atom. The van der Waals surface area contributed by atoms with Gasteiger partial charge in [-0.2, -0.15) is 29.4 Å². The van der Waals surface area contributed by atoms with Gasteiger partial charge in [-0.3, -0.25) is 9.36 Å². The molecule has 8 rings (SSSR count). The molecule has 0 aromatic carbocycles. The van der Waals surface area contributed by atoms with Crippen LogP contribution in [-0.4, -0.2) is 74.9 Å². The monoisotopic (exact) mass is 678 g/mol. The van der Waals surface area contributed by atoms with Gasteiger partial charge in [-0.05, 0) is 38.8 Å². The topological polar surface area (TPSA) is 172 Å². The van der Waals surface area contributed by atoms with Crippen molar-refractivity contribution in [2.75, 3.05) is 37.6 Å². The number of fused-ring (bicyclic) bond motifs is 2. The smallest absolute Gasteiger partial charge is 0.165 e. The van der Waals surface area contributed by atoms with Gasteiger partial charge in [0.15, 0.2) is 11.3 Å². The van der Waals surface area contributed by atoms with Crippen molar-refractivity contribution in [1.82, 2.24) is 59.4 Å². The Kier molecular flexibility index (Phi) is 9.37. The van der Waals surface area contributed by atoms with E-state index >= 15 is 0 Å². The number of anilines is 2. The molecule has 2 saturated heterocycles. The summed E-state index contributed by atoms with van der Waals surface area (Å²) < 4.78 is 6.71. The Balaban J connectivity index is 0.000000161. The number of piperidine rings is 2. The lowest BCUT2D eigenvalue weighted by molar-refractivity contribution is 0.455. The zero-order chi connectivity index (χ0) is 31.9. The third kappa shape index (κ3) is 6.13. The van der Waals surface area contributed by atoms with Gasteiger partial charge in [0, 0.05) is 73.7 Å². The van der Waals surface area contributed by atoms with Crippen molar-refractivity contribution in [2.24, 2.45) is 14.1 Å². The summed E-state index contributed by atoms with van der Waals surface area (Å²) >= 11 is 12.9. The minimum Gasteiger partial charge on any atom is -0.382 e. The standard InChI is InChI=1S/2C15H18ClN7.CH4/c2*1-22-8-10(6-19-22)11-7-20-23-14(17)12(16)13(21-15(11)23)9-3-2-4-18-5-9;/h2*6-9,18H,2-5,17H2,1H3;1H4. The Labute approximate surface area is 282 Å². The Morgan fingerprint density at radius 1 is 0.681 bits per heavy atom. The minimum atomic E-state index is 0. The summed E-state index contributed by atoms with van der Waals surface area (Å²) in [5, 5.41) is 24.9. The molecule has 47 heavy (non-hydrogen) atoms. The SMILES string of the molecule is C.Cn1cc(-c2cnn3c(N)c(Cl)c(C4CCCNC4)nc23)cn1.Cn1cc(-c2cnn3c(N)c(Cl)c(C4CCCNC4)nc23)cn1. The van der Waals surface area contributed by atoms with Gasteiger partial charge in [0.2, 0.25) is 0 Å². The van der Waals surface area contributed by atoms with Crippen molar-refractivity contribution in [3.63, 3.8) is 0 Å². The summed E-state index contributed by atoms with van der Waals surface area (Å²) in [5.74, 6) is 1.43. The molecule has 0 bridgehead atoms. The second-order valence-corrected chi connectivity index (χ2v) is 12.6. The molecule has 0 spiro atoms. The number of rotatable bonds is 4. The molecule has 14 nitrogen and oxygen atoms in total. The van der Waals surface area contributed by atoms with Crippen LogP contribution in [0.3, 0.4) is 0 Å². The second-order valence-electron chi connectivity index (χ2n) is 11.9. The summed E-state index contributed by atoms with van der Waals surface area (Å²) in [4.78, 5) is 9.63. The van der Waals surface area contributed by atoms with Crippen molar-refractivity contribution in [3.8, 4) is 22.3 Å². The number of nitrogens with zero attached hydrogens (tertiary/aromatic N) is 10. The fourth-order valence-corrected chi connectivity index (χ4v) is 6.82. The predicted molar refractivity (Wildman–Crippen MR) is 186 cm³/mol. The maximum Gasteiger partial charge on any atom is 0.165 e. The Hall–Kier alpha value is -4.24. The largest absolute Gasteiger partial charge is 0.382 e. The average Bonchev–Trinajstić information content (AvgIpc) is 3.88. The molecule has 2 aliphatic rings.